The summed E-state index contributed by atoms with van der Waals surface area (Å²) in [6.45, 7) is -0.0493. The van der Waals surface area contributed by atoms with Gasteiger partial charge in [-0.05, 0) is 5.56 Å². The molecule has 3 N–H and O–H groups in total. The number of carbonyl (C=O) groups is 1. The van der Waals surface area contributed by atoms with Gasteiger partial charge in [0.05, 0.1) is 6.61 Å². The number of methoxy groups -OCH3 is 1. The van der Waals surface area contributed by atoms with E-state index in [1.165, 1.54) is 7.11 Å². The summed E-state index contributed by atoms with van der Waals surface area (Å²) in [5.41, 5.74) is 4.82. The first-order valence-corrected chi connectivity index (χ1v) is 4.18. The summed E-state index contributed by atoms with van der Waals surface area (Å²) in [6.07, 6.45) is 0. The lowest BCUT2D eigenvalue weighted by molar-refractivity contribution is -0.145. The highest BCUT2D eigenvalue weighted by atomic mass is 35.5. The Morgan fingerprint density at radius 2 is 2.00 bits per heavy atom. The van der Waals surface area contributed by atoms with Crippen molar-refractivity contribution in [3.63, 3.8) is 0 Å². The summed E-state index contributed by atoms with van der Waals surface area (Å²) in [6, 6.07) is 8.64. The SMILES string of the molecule is COCC(N)(C(=O)O)c1ccccc1.Cl. The Morgan fingerprint density at radius 3 is 2.40 bits per heavy atom. The fraction of sp³-hybridized carbons (Fsp3) is 0.300. The second-order valence-corrected chi connectivity index (χ2v) is 3.08. The number of hydrogen-bond donors (Lipinski definition) is 2. The van der Waals surface area contributed by atoms with E-state index < -0.39 is 11.5 Å². The monoisotopic (exact) mass is 231 g/mol. The van der Waals surface area contributed by atoms with E-state index >= 15 is 0 Å². The van der Waals surface area contributed by atoms with Gasteiger partial charge in [0.25, 0.3) is 0 Å². The number of ether oxygens (including phenoxy) is 1. The van der Waals surface area contributed by atoms with E-state index in [4.69, 9.17) is 15.6 Å². The molecule has 0 aliphatic heterocycles. The fourth-order valence-corrected chi connectivity index (χ4v) is 1.23. The Kier molecular flexibility index (Phi) is 5.28. The van der Waals surface area contributed by atoms with Crippen LogP contribution in [0.1, 0.15) is 5.56 Å². The molecule has 0 aliphatic rings. The zero-order valence-corrected chi connectivity index (χ0v) is 9.16. The number of benzene rings is 1. The molecule has 0 saturated carbocycles. The molecule has 0 aromatic heterocycles. The summed E-state index contributed by atoms with van der Waals surface area (Å²) in [5.74, 6) is -1.09. The van der Waals surface area contributed by atoms with Crippen LogP contribution in [-0.2, 0) is 15.1 Å². The molecule has 1 unspecified atom stereocenters. The third-order valence-corrected chi connectivity index (χ3v) is 2.04. The van der Waals surface area contributed by atoms with Gasteiger partial charge in [-0.2, -0.15) is 0 Å². The largest absolute Gasteiger partial charge is 0.480 e. The minimum Gasteiger partial charge on any atom is -0.480 e. The maximum atomic E-state index is 11.0. The highest BCUT2D eigenvalue weighted by Gasteiger charge is 2.35. The number of carboxylic acid groups (broad SMARTS) is 1. The molecule has 5 heteroatoms. The molecular weight excluding hydrogens is 218 g/mol. The number of halogens is 1. The van der Waals surface area contributed by atoms with Gasteiger partial charge in [0.1, 0.15) is 0 Å². The van der Waals surface area contributed by atoms with E-state index in [9.17, 15) is 4.79 Å². The van der Waals surface area contributed by atoms with Crippen LogP contribution in [0, 0.1) is 0 Å². The van der Waals surface area contributed by atoms with Crippen LogP contribution in [0.3, 0.4) is 0 Å². The van der Waals surface area contributed by atoms with Crippen LogP contribution in [0.25, 0.3) is 0 Å². The minimum atomic E-state index is -1.46. The lowest BCUT2D eigenvalue weighted by Gasteiger charge is -2.23. The van der Waals surface area contributed by atoms with Crippen molar-refractivity contribution in [2.24, 2.45) is 5.73 Å². The standard InChI is InChI=1S/C10H13NO3.ClH/c1-14-7-10(11,9(12)13)8-5-3-2-4-6-8;/h2-6H,7,11H2,1H3,(H,12,13);1H. The number of nitrogens with two attached hydrogens (primary N) is 1. The van der Waals surface area contributed by atoms with E-state index in [0.717, 1.165) is 0 Å². The average molecular weight is 232 g/mol. The Morgan fingerprint density at radius 1 is 1.47 bits per heavy atom. The number of hydrogen-bond acceptors (Lipinski definition) is 3. The molecule has 4 nitrogen and oxygen atoms in total. The van der Waals surface area contributed by atoms with Gasteiger partial charge in [-0.1, -0.05) is 30.3 Å². The molecule has 1 atom stereocenters. The van der Waals surface area contributed by atoms with Crippen LogP contribution < -0.4 is 5.73 Å². The van der Waals surface area contributed by atoms with Crippen LogP contribution >= 0.6 is 12.4 Å². The smallest absolute Gasteiger partial charge is 0.330 e. The van der Waals surface area contributed by atoms with E-state index in [2.05, 4.69) is 0 Å². The first-order chi connectivity index (χ1) is 6.61. The summed E-state index contributed by atoms with van der Waals surface area (Å²) in [7, 11) is 1.42. The van der Waals surface area contributed by atoms with Crippen molar-refractivity contribution in [1.82, 2.24) is 0 Å². The third kappa shape index (κ3) is 2.92. The topological polar surface area (TPSA) is 72.5 Å². The molecule has 0 amide bonds. The molecule has 0 saturated heterocycles. The Labute approximate surface area is 94.5 Å². The van der Waals surface area contributed by atoms with Gasteiger partial charge in [-0.25, -0.2) is 4.79 Å². The quantitative estimate of drug-likeness (QED) is 0.811. The first-order valence-electron chi connectivity index (χ1n) is 4.18. The number of carboxylic acids is 1. The highest BCUT2D eigenvalue weighted by Crippen LogP contribution is 2.18. The molecule has 1 rings (SSSR count). The van der Waals surface area contributed by atoms with Crippen LogP contribution in [0.15, 0.2) is 30.3 Å². The van der Waals surface area contributed by atoms with Gasteiger partial charge in [0.2, 0.25) is 0 Å². The van der Waals surface area contributed by atoms with Crippen molar-refractivity contribution in [3.05, 3.63) is 35.9 Å². The van der Waals surface area contributed by atoms with E-state index in [-0.39, 0.29) is 19.0 Å². The van der Waals surface area contributed by atoms with E-state index in [1.807, 2.05) is 0 Å². The van der Waals surface area contributed by atoms with Crippen LogP contribution in [-0.4, -0.2) is 24.8 Å². The molecule has 0 heterocycles. The second-order valence-electron chi connectivity index (χ2n) is 3.08. The van der Waals surface area contributed by atoms with Crippen LogP contribution in [0.4, 0.5) is 0 Å². The van der Waals surface area contributed by atoms with Crippen molar-refractivity contribution in [1.29, 1.82) is 0 Å². The highest BCUT2D eigenvalue weighted by molar-refractivity contribution is 5.85. The maximum Gasteiger partial charge on any atom is 0.330 e. The molecule has 0 aliphatic carbocycles. The van der Waals surface area contributed by atoms with Crippen LogP contribution in [0.5, 0.6) is 0 Å². The molecule has 84 valence electrons. The average Bonchev–Trinajstić information content (AvgIpc) is 2.19. The Bertz CT molecular complexity index is 318. The van der Waals surface area contributed by atoms with E-state index in [0.29, 0.717) is 5.56 Å². The first kappa shape index (κ1) is 13.9. The van der Waals surface area contributed by atoms with Gasteiger partial charge < -0.3 is 15.6 Å². The maximum absolute atomic E-state index is 11.0. The lowest BCUT2D eigenvalue weighted by Crippen LogP contribution is -2.48. The second kappa shape index (κ2) is 5.70. The third-order valence-electron chi connectivity index (χ3n) is 2.04. The normalized spacial score (nSPS) is 13.7. The van der Waals surface area contributed by atoms with Gasteiger partial charge in [-0.3, -0.25) is 0 Å². The molecular formula is C10H14ClNO3. The fourth-order valence-electron chi connectivity index (χ4n) is 1.23. The summed E-state index contributed by atoms with van der Waals surface area (Å²) in [4.78, 5) is 11.0. The van der Waals surface area contributed by atoms with Gasteiger partial charge in [0, 0.05) is 7.11 Å². The van der Waals surface area contributed by atoms with Crippen molar-refractivity contribution in [3.8, 4) is 0 Å². The molecule has 0 fully saturated rings. The molecule has 0 radical (unpaired) electrons. The Hall–Kier alpha value is -1.10. The van der Waals surface area contributed by atoms with E-state index in [1.54, 1.807) is 30.3 Å². The minimum absolute atomic E-state index is 0. The Balaban J connectivity index is 0.00000196. The predicted molar refractivity (Wildman–Crippen MR) is 59.1 cm³/mol. The molecule has 0 spiro atoms. The lowest BCUT2D eigenvalue weighted by atomic mass is 9.92. The molecule has 1 aromatic carbocycles. The molecule has 1 aromatic rings. The summed E-state index contributed by atoms with van der Waals surface area (Å²) in [5, 5.41) is 9.01. The van der Waals surface area contributed by atoms with Gasteiger partial charge in [-0.15, -0.1) is 12.4 Å². The van der Waals surface area contributed by atoms with Crippen molar-refractivity contribution in [2.75, 3.05) is 13.7 Å². The zero-order chi connectivity index (χ0) is 10.6. The van der Waals surface area contributed by atoms with Crippen LogP contribution in [0.2, 0.25) is 0 Å². The summed E-state index contributed by atoms with van der Waals surface area (Å²) < 4.78 is 4.82. The zero-order valence-electron chi connectivity index (χ0n) is 8.34. The summed E-state index contributed by atoms with van der Waals surface area (Å²) >= 11 is 0. The van der Waals surface area contributed by atoms with Crippen molar-refractivity contribution >= 4 is 18.4 Å². The van der Waals surface area contributed by atoms with Gasteiger partial charge >= 0.3 is 5.97 Å². The number of aliphatic carboxylic acids is 1. The van der Waals surface area contributed by atoms with Crippen molar-refractivity contribution in [2.45, 2.75) is 5.54 Å². The van der Waals surface area contributed by atoms with Gasteiger partial charge in [0.15, 0.2) is 5.54 Å². The number of rotatable bonds is 4. The predicted octanol–water partition coefficient (Wildman–Crippen LogP) is 0.993. The molecule has 15 heavy (non-hydrogen) atoms. The molecule has 0 bridgehead atoms. The van der Waals surface area contributed by atoms with Crippen molar-refractivity contribution < 1.29 is 14.6 Å².